The zero-order valence-corrected chi connectivity index (χ0v) is 19.6. The highest BCUT2D eigenvalue weighted by molar-refractivity contribution is 5.92. The monoisotopic (exact) mass is 481 g/mol. The van der Waals surface area contributed by atoms with Gasteiger partial charge in [-0.25, -0.2) is 4.98 Å². The Morgan fingerprint density at radius 1 is 1.11 bits per heavy atom. The lowest BCUT2D eigenvalue weighted by molar-refractivity contribution is 0.0887. The Kier molecular flexibility index (Phi) is 9.56. The van der Waals surface area contributed by atoms with Crippen molar-refractivity contribution in [2.75, 3.05) is 19.8 Å². The van der Waals surface area contributed by atoms with Crippen LogP contribution in [0.2, 0.25) is 0 Å². The van der Waals surface area contributed by atoms with E-state index in [0.29, 0.717) is 36.8 Å². The minimum Gasteiger partial charge on any atom is -0.506 e. The maximum atomic E-state index is 11.2. The molecule has 1 heterocycles. The van der Waals surface area contributed by atoms with Gasteiger partial charge in [0.25, 0.3) is 0 Å². The minimum absolute atomic E-state index is 0.0346. The van der Waals surface area contributed by atoms with E-state index in [4.69, 9.17) is 15.2 Å². The number of nitrogens with two attached hydrogens (primary N) is 1. The third-order valence-corrected chi connectivity index (χ3v) is 5.44. The van der Waals surface area contributed by atoms with Crippen molar-refractivity contribution in [1.82, 2.24) is 10.3 Å². The minimum atomic E-state index is -0.885. The molecule has 9 heteroatoms. The molecule has 0 saturated heterocycles. The second kappa shape index (κ2) is 12.8. The summed E-state index contributed by atoms with van der Waals surface area (Å²) in [5.41, 5.74) is 8.13. The van der Waals surface area contributed by atoms with Gasteiger partial charge in [0.15, 0.2) is 0 Å². The number of aliphatic hydroxyl groups excluding tert-OH is 2. The summed E-state index contributed by atoms with van der Waals surface area (Å²) in [5.74, 6) is 0.143. The van der Waals surface area contributed by atoms with E-state index in [9.17, 15) is 20.1 Å². The highest BCUT2D eigenvalue weighted by atomic mass is 16.5. The Labute approximate surface area is 204 Å². The number of pyridine rings is 1. The lowest BCUT2D eigenvalue weighted by Gasteiger charge is -2.18. The summed E-state index contributed by atoms with van der Waals surface area (Å²) >= 11 is 0. The summed E-state index contributed by atoms with van der Waals surface area (Å²) in [7, 11) is 0. The zero-order valence-electron chi connectivity index (χ0n) is 19.6. The third kappa shape index (κ3) is 7.76. The first-order chi connectivity index (χ1) is 16.9. The fraction of sp³-hybridized carbons (Fsp3) is 0.308. The first kappa shape index (κ1) is 26.1. The van der Waals surface area contributed by atoms with Gasteiger partial charge in [0.05, 0.1) is 25.5 Å². The number of nitrogens with one attached hydrogen (secondary N) is 1. The standard InChI is InChI=1S/C26H31N3O6/c1-17(28-14-25(32)22-9-10-24(31)23(15-30)29-22)19-5-7-21(8-6-19)35-12-11-34-16-18-3-2-4-20(13-18)26(27)33/h2-10,13,17,25,28,30-32H,11-12,14-16H2,1H3,(H2,27,33). The van der Waals surface area contributed by atoms with Crippen LogP contribution in [0.25, 0.3) is 0 Å². The lowest BCUT2D eigenvalue weighted by atomic mass is 10.1. The number of amides is 1. The van der Waals surface area contributed by atoms with Crippen LogP contribution in [0.15, 0.2) is 60.7 Å². The summed E-state index contributed by atoms with van der Waals surface area (Å²) in [6.07, 6.45) is -0.885. The number of aromatic nitrogens is 1. The van der Waals surface area contributed by atoms with Gasteiger partial charge < -0.3 is 35.8 Å². The number of rotatable bonds is 13. The fourth-order valence-electron chi connectivity index (χ4n) is 3.40. The first-order valence-corrected chi connectivity index (χ1v) is 11.3. The molecule has 186 valence electrons. The van der Waals surface area contributed by atoms with Gasteiger partial charge in [-0.15, -0.1) is 0 Å². The summed E-state index contributed by atoms with van der Waals surface area (Å²) in [6.45, 7) is 2.96. The molecule has 1 aromatic heterocycles. The molecule has 0 radical (unpaired) electrons. The van der Waals surface area contributed by atoms with E-state index in [1.807, 2.05) is 37.3 Å². The van der Waals surface area contributed by atoms with Crippen LogP contribution >= 0.6 is 0 Å². The molecule has 3 rings (SSSR count). The summed E-state index contributed by atoms with van der Waals surface area (Å²) in [6, 6.07) is 17.5. The number of hydrogen-bond acceptors (Lipinski definition) is 8. The van der Waals surface area contributed by atoms with Crippen LogP contribution in [0.3, 0.4) is 0 Å². The molecule has 2 unspecified atom stereocenters. The van der Waals surface area contributed by atoms with E-state index in [2.05, 4.69) is 10.3 Å². The van der Waals surface area contributed by atoms with Gasteiger partial charge in [0.2, 0.25) is 5.91 Å². The number of aliphatic hydroxyl groups is 2. The van der Waals surface area contributed by atoms with Crippen LogP contribution in [0.4, 0.5) is 0 Å². The Bertz CT molecular complexity index is 1110. The molecule has 2 atom stereocenters. The molecule has 35 heavy (non-hydrogen) atoms. The van der Waals surface area contributed by atoms with Crippen molar-refractivity contribution in [3.63, 3.8) is 0 Å². The van der Waals surface area contributed by atoms with Gasteiger partial charge in [-0.3, -0.25) is 4.79 Å². The number of ether oxygens (including phenoxy) is 2. The molecular weight excluding hydrogens is 450 g/mol. The molecule has 0 saturated carbocycles. The maximum absolute atomic E-state index is 11.2. The molecule has 0 bridgehead atoms. The van der Waals surface area contributed by atoms with Crippen LogP contribution in [0.1, 0.15) is 51.9 Å². The van der Waals surface area contributed by atoms with Crippen molar-refractivity contribution < 1.29 is 29.6 Å². The zero-order chi connectivity index (χ0) is 25.2. The average molecular weight is 482 g/mol. The van der Waals surface area contributed by atoms with Crippen LogP contribution in [-0.2, 0) is 18.0 Å². The van der Waals surface area contributed by atoms with Crippen molar-refractivity contribution in [1.29, 1.82) is 0 Å². The quantitative estimate of drug-likeness (QED) is 0.234. The molecule has 3 aromatic rings. The van der Waals surface area contributed by atoms with E-state index in [-0.39, 0.29) is 24.0 Å². The van der Waals surface area contributed by atoms with Gasteiger partial charge in [-0.05, 0) is 54.4 Å². The predicted octanol–water partition coefficient (Wildman–Crippen LogP) is 2.36. The van der Waals surface area contributed by atoms with Crippen LogP contribution in [0, 0.1) is 0 Å². The van der Waals surface area contributed by atoms with E-state index >= 15 is 0 Å². The Balaban J connectivity index is 1.39. The molecule has 0 aliphatic rings. The number of nitrogens with zero attached hydrogens (tertiary/aromatic N) is 1. The smallest absolute Gasteiger partial charge is 0.248 e. The molecule has 0 fully saturated rings. The fourth-order valence-corrected chi connectivity index (χ4v) is 3.40. The number of hydrogen-bond donors (Lipinski definition) is 5. The lowest BCUT2D eigenvalue weighted by Crippen LogP contribution is -2.25. The van der Waals surface area contributed by atoms with Gasteiger partial charge >= 0.3 is 0 Å². The number of benzene rings is 2. The second-order valence-corrected chi connectivity index (χ2v) is 8.04. The molecular formula is C26H31N3O6. The number of aromatic hydroxyl groups is 1. The van der Waals surface area contributed by atoms with Crippen LogP contribution in [0.5, 0.6) is 11.5 Å². The first-order valence-electron chi connectivity index (χ1n) is 11.3. The molecule has 0 spiro atoms. The molecule has 2 aromatic carbocycles. The Hall–Kier alpha value is -3.50. The van der Waals surface area contributed by atoms with Crippen molar-refractivity contribution >= 4 is 5.91 Å². The molecule has 1 amide bonds. The van der Waals surface area contributed by atoms with Crippen molar-refractivity contribution in [3.8, 4) is 11.5 Å². The Morgan fingerprint density at radius 2 is 1.89 bits per heavy atom. The maximum Gasteiger partial charge on any atom is 0.248 e. The van der Waals surface area contributed by atoms with Crippen LogP contribution < -0.4 is 15.8 Å². The van der Waals surface area contributed by atoms with E-state index < -0.39 is 18.6 Å². The molecule has 0 aliphatic heterocycles. The number of primary amides is 1. The Morgan fingerprint density at radius 3 is 2.60 bits per heavy atom. The molecule has 9 nitrogen and oxygen atoms in total. The van der Waals surface area contributed by atoms with E-state index in [1.54, 1.807) is 18.2 Å². The largest absolute Gasteiger partial charge is 0.506 e. The van der Waals surface area contributed by atoms with Gasteiger partial charge in [0.1, 0.15) is 29.9 Å². The summed E-state index contributed by atoms with van der Waals surface area (Å²) in [5, 5.41) is 32.5. The number of carbonyl (C=O) groups is 1. The predicted molar refractivity (Wildman–Crippen MR) is 130 cm³/mol. The van der Waals surface area contributed by atoms with Gasteiger partial charge in [-0.2, -0.15) is 0 Å². The van der Waals surface area contributed by atoms with Gasteiger partial charge in [0, 0.05) is 18.2 Å². The summed E-state index contributed by atoms with van der Waals surface area (Å²) < 4.78 is 11.3. The van der Waals surface area contributed by atoms with E-state index in [1.165, 1.54) is 12.1 Å². The van der Waals surface area contributed by atoms with Gasteiger partial charge in [-0.1, -0.05) is 24.3 Å². The van der Waals surface area contributed by atoms with E-state index in [0.717, 1.165) is 11.1 Å². The topological polar surface area (TPSA) is 147 Å². The number of carbonyl (C=O) groups excluding carboxylic acids is 1. The summed E-state index contributed by atoms with van der Waals surface area (Å²) in [4.78, 5) is 15.3. The highest BCUT2D eigenvalue weighted by Gasteiger charge is 2.14. The average Bonchev–Trinajstić information content (AvgIpc) is 2.87. The SMILES string of the molecule is CC(NCC(O)c1ccc(O)c(CO)n1)c1ccc(OCCOCc2cccc(C(N)=O)c2)cc1. The highest BCUT2D eigenvalue weighted by Crippen LogP contribution is 2.21. The normalized spacial score (nSPS) is 12.8. The second-order valence-electron chi connectivity index (χ2n) is 8.04. The molecule has 0 aliphatic carbocycles. The van der Waals surface area contributed by atoms with Crippen molar-refractivity contribution in [2.24, 2.45) is 5.73 Å². The van der Waals surface area contributed by atoms with Crippen LogP contribution in [-0.4, -0.2) is 46.0 Å². The third-order valence-electron chi connectivity index (χ3n) is 5.44. The van der Waals surface area contributed by atoms with Crippen molar-refractivity contribution in [2.45, 2.75) is 32.3 Å². The van der Waals surface area contributed by atoms with Crippen molar-refractivity contribution in [3.05, 3.63) is 88.7 Å². The molecule has 6 N–H and O–H groups in total.